The number of nitrogens with zero attached hydrogens (tertiary/aromatic N) is 7. The van der Waals surface area contributed by atoms with Crippen LogP contribution in [0.1, 0.15) is 247 Å². The summed E-state index contributed by atoms with van der Waals surface area (Å²) >= 11 is 0. The normalized spacial score (nSPS) is 12.9. The molecule has 3 amide bonds. The van der Waals surface area contributed by atoms with Crippen molar-refractivity contribution in [1.82, 2.24) is 49.8 Å². The molecule has 562 valence electrons. The molecular weight excluding hydrogens is 1280 g/mol. The Bertz CT molecular complexity index is 2760. The summed E-state index contributed by atoms with van der Waals surface area (Å²) in [6, 6.07) is -1.81. The summed E-state index contributed by atoms with van der Waals surface area (Å²) in [6.07, 6.45) is 15.3. The fourth-order valence-electron chi connectivity index (χ4n) is 9.79. The van der Waals surface area contributed by atoms with E-state index in [1.54, 1.807) is 179 Å². The second kappa shape index (κ2) is 40.0. The van der Waals surface area contributed by atoms with E-state index in [4.69, 9.17) is 33.2 Å². The molecule has 0 saturated heterocycles. The van der Waals surface area contributed by atoms with E-state index in [1.165, 1.54) is 0 Å². The molecule has 3 N–H and O–H groups in total. The van der Waals surface area contributed by atoms with Crippen molar-refractivity contribution >= 4 is 59.5 Å². The molecule has 0 fully saturated rings. The number of unbranched alkanes of at least 4 members (excludes halogenated alkanes) is 8. The zero-order valence-electron chi connectivity index (χ0n) is 63.7. The van der Waals surface area contributed by atoms with Crippen molar-refractivity contribution in [3.05, 3.63) is 48.8 Å². The van der Waals surface area contributed by atoms with Gasteiger partial charge in [-0.1, -0.05) is 45.1 Å². The van der Waals surface area contributed by atoms with Crippen molar-refractivity contribution < 1.29 is 81.1 Å². The fraction of sp³-hybridized carbons (Fsp3) is 0.750. The zero-order chi connectivity index (χ0) is 75.3. The van der Waals surface area contributed by atoms with Crippen molar-refractivity contribution in [3.8, 4) is 0 Å². The molecule has 27 nitrogen and oxygen atoms in total. The van der Waals surface area contributed by atoms with E-state index in [9.17, 15) is 47.9 Å². The maximum absolute atomic E-state index is 14.1. The molecule has 2 rings (SSSR count). The lowest BCUT2D eigenvalue weighted by molar-refractivity contribution is -0.165. The van der Waals surface area contributed by atoms with Crippen LogP contribution < -0.4 is 16.0 Å². The highest BCUT2D eigenvalue weighted by molar-refractivity contribution is 5.87. The molecule has 0 aromatic carbocycles. The minimum atomic E-state index is -0.974. The first-order valence-corrected chi connectivity index (χ1v) is 34.7. The van der Waals surface area contributed by atoms with E-state index in [-0.39, 0.29) is 50.7 Å². The smallest absolute Gasteiger partial charge is 0.329 e. The third kappa shape index (κ3) is 42.2. The summed E-state index contributed by atoms with van der Waals surface area (Å²) in [4.78, 5) is 146. The van der Waals surface area contributed by atoms with Gasteiger partial charge in [0, 0.05) is 44.2 Å². The Morgan fingerprint density at radius 1 is 0.424 bits per heavy atom. The minimum absolute atomic E-state index is 0.0533. The van der Waals surface area contributed by atoms with Crippen LogP contribution in [-0.2, 0) is 107 Å². The first-order valence-electron chi connectivity index (χ1n) is 34.7. The van der Waals surface area contributed by atoms with Crippen LogP contribution in [0.25, 0.3) is 0 Å². The van der Waals surface area contributed by atoms with Crippen molar-refractivity contribution in [2.24, 2.45) is 0 Å². The van der Waals surface area contributed by atoms with Crippen LogP contribution in [0, 0.1) is 0 Å². The molecule has 2 atom stereocenters. The molecule has 0 bridgehead atoms. The van der Waals surface area contributed by atoms with E-state index in [1.807, 2.05) is 0 Å². The summed E-state index contributed by atoms with van der Waals surface area (Å²) in [5, 5.41) is 9.09. The molecule has 2 aromatic rings. The number of hydrogen-bond donors (Lipinski definition) is 3. The number of esters is 7. The van der Waals surface area contributed by atoms with Gasteiger partial charge in [0.25, 0.3) is 0 Å². The quantitative estimate of drug-likeness (QED) is 0.0317. The number of nitrogens with one attached hydrogen (secondary N) is 3. The Kier molecular flexibility index (Phi) is 35.4. The molecule has 0 unspecified atom stereocenters. The summed E-state index contributed by atoms with van der Waals surface area (Å²) < 4.78 is 42.1. The second-order valence-corrected chi connectivity index (χ2v) is 32.0. The van der Waals surface area contributed by atoms with Crippen LogP contribution in [0.2, 0.25) is 0 Å². The Labute approximate surface area is 589 Å². The number of ether oxygens (including phenoxy) is 7. The molecule has 2 aromatic heterocycles. The Morgan fingerprint density at radius 2 is 0.758 bits per heavy atom. The monoisotopic (exact) mass is 1400 g/mol. The Balaban J connectivity index is 2.14. The number of rotatable bonds is 41. The first-order chi connectivity index (χ1) is 45.4. The van der Waals surface area contributed by atoms with Crippen molar-refractivity contribution in [3.63, 3.8) is 0 Å². The lowest BCUT2D eigenvalue weighted by atomic mass is 10.1. The van der Waals surface area contributed by atoms with Gasteiger partial charge < -0.3 is 68.0 Å². The number of imidazole rings is 2. The average molecular weight is 1400 g/mol. The van der Waals surface area contributed by atoms with Crippen LogP contribution in [0.5, 0.6) is 0 Å². The van der Waals surface area contributed by atoms with E-state index in [0.717, 1.165) is 61.2 Å². The predicted octanol–water partition coefficient (Wildman–Crippen LogP) is 9.10. The zero-order valence-corrected chi connectivity index (χ0v) is 63.7. The van der Waals surface area contributed by atoms with E-state index >= 15 is 0 Å². The first kappa shape index (κ1) is 87.5. The third-order valence-electron chi connectivity index (χ3n) is 13.6. The molecule has 99 heavy (non-hydrogen) atoms. The highest BCUT2D eigenvalue weighted by Gasteiger charge is 2.33. The van der Waals surface area contributed by atoms with Gasteiger partial charge in [-0.2, -0.15) is 0 Å². The van der Waals surface area contributed by atoms with E-state index < -0.39 is 131 Å². The summed E-state index contributed by atoms with van der Waals surface area (Å²) in [5.41, 5.74) is -5.66. The SMILES string of the molecule is C=C(N[C@@H](CCCCNC(=O)CCCCCCCCCCN(Cc1nccn1CC(=O)N(CC(=O)OC(C)(C)C)CC(=O)OC(C)(C)C)Cc1nccn1CC(=O)N(CC(=O)OC(C)(C)C)CC(=O)OC(C)(C)C)C(=O)OC(C)(C)C)N[C@@H](CCC(=O)OC(C)(C)C)C(=O)OC(C)(C)C. The van der Waals surface area contributed by atoms with E-state index in [0.29, 0.717) is 50.4 Å². The van der Waals surface area contributed by atoms with Crippen LogP contribution in [-0.4, -0.2) is 184 Å². The summed E-state index contributed by atoms with van der Waals surface area (Å²) in [7, 11) is 0. The van der Waals surface area contributed by atoms with Crippen LogP contribution >= 0.6 is 0 Å². The fourth-order valence-corrected chi connectivity index (χ4v) is 9.79. The lowest BCUT2D eigenvalue weighted by Gasteiger charge is -2.29. The lowest BCUT2D eigenvalue weighted by Crippen LogP contribution is -2.48. The van der Waals surface area contributed by atoms with Crippen molar-refractivity contribution in [2.75, 3.05) is 39.3 Å². The summed E-state index contributed by atoms with van der Waals surface area (Å²) in [5.74, 6) is -4.35. The highest BCUT2D eigenvalue weighted by Crippen LogP contribution is 2.20. The standard InChI is InChI=1S/C72H122N10O17/c1-51(77-53(65(92)99-72(20,21)22)35-36-59(86)93-66(2,3)4)76-52(64(91)98-71(17,18)19)33-30-31-37-75-56(83)34-29-27-25-23-24-26-28-32-40-78(43-54-73-38-41-79(54)45-57(84)81(47-60(87)94-67(5,6)7)48-61(88)95-68(8,9)10)44-55-74-39-42-80(55)46-58(85)82(49-62(89)96-69(11,12)13)50-63(90)97-70(14,15)16/h38-39,41-42,52-53,76-77H,1,23-37,40,43-50H2,2-22H3,(H,75,83)/t52-,53-/m0/s1. The van der Waals surface area contributed by atoms with Gasteiger partial charge in [-0.05, 0) is 190 Å². The number of carbonyl (C=O) groups excluding carboxylic acids is 10. The van der Waals surface area contributed by atoms with Gasteiger partial charge in [0.15, 0.2) is 0 Å². The highest BCUT2D eigenvalue weighted by atomic mass is 16.6. The Morgan fingerprint density at radius 3 is 1.12 bits per heavy atom. The van der Waals surface area contributed by atoms with Crippen LogP contribution in [0.4, 0.5) is 0 Å². The second-order valence-electron chi connectivity index (χ2n) is 32.0. The molecule has 2 heterocycles. The third-order valence-corrected chi connectivity index (χ3v) is 13.6. The molecular formula is C72H122N10O17. The van der Waals surface area contributed by atoms with Crippen LogP contribution in [0.3, 0.4) is 0 Å². The molecule has 0 aliphatic heterocycles. The van der Waals surface area contributed by atoms with Crippen LogP contribution in [0.15, 0.2) is 37.2 Å². The largest absolute Gasteiger partial charge is 0.460 e. The molecule has 27 heteroatoms. The van der Waals surface area contributed by atoms with E-state index in [2.05, 4.69) is 37.4 Å². The number of aromatic nitrogens is 4. The van der Waals surface area contributed by atoms with Gasteiger partial charge in [0.2, 0.25) is 17.7 Å². The molecule has 0 radical (unpaired) electrons. The van der Waals surface area contributed by atoms with Gasteiger partial charge in [-0.25, -0.2) is 19.6 Å². The molecule has 0 aliphatic rings. The molecule has 0 saturated carbocycles. The van der Waals surface area contributed by atoms with Gasteiger partial charge >= 0.3 is 41.8 Å². The van der Waals surface area contributed by atoms with Crippen molar-refractivity contribution in [1.29, 1.82) is 0 Å². The number of carbonyl (C=O) groups is 10. The summed E-state index contributed by atoms with van der Waals surface area (Å²) in [6.45, 7) is 39.2. The predicted molar refractivity (Wildman–Crippen MR) is 373 cm³/mol. The molecule has 0 aliphatic carbocycles. The minimum Gasteiger partial charge on any atom is -0.460 e. The number of amides is 3. The maximum Gasteiger partial charge on any atom is 0.329 e. The number of hydrogen-bond acceptors (Lipinski definition) is 22. The van der Waals surface area contributed by atoms with Gasteiger partial charge in [0.1, 0.15) is 102 Å². The van der Waals surface area contributed by atoms with Gasteiger partial charge in [-0.15, -0.1) is 0 Å². The Hall–Kier alpha value is -7.58. The van der Waals surface area contributed by atoms with Gasteiger partial charge in [-0.3, -0.25) is 43.3 Å². The van der Waals surface area contributed by atoms with Gasteiger partial charge in [0.05, 0.1) is 18.9 Å². The maximum atomic E-state index is 14.1. The van der Waals surface area contributed by atoms with Crippen molar-refractivity contribution in [2.45, 2.75) is 313 Å². The average Bonchev–Trinajstić information content (AvgIpc) is 1.78. The molecule has 0 spiro atoms. The topological polar surface area (TPSA) is 317 Å².